The van der Waals surface area contributed by atoms with Crippen molar-refractivity contribution in [2.45, 2.75) is 5.92 Å². The highest BCUT2D eigenvalue weighted by atomic mass is 35.5. The van der Waals surface area contributed by atoms with Crippen LogP contribution in [0.3, 0.4) is 0 Å². The van der Waals surface area contributed by atoms with E-state index in [1.807, 2.05) is 30.3 Å². The molecule has 0 aliphatic heterocycles. The number of halogens is 2. The third-order valence-electron chi connectivity index (χ3n) is 3.06. The molecule has 2 aromatic rings. The summed E-state index contributed by atoms with van der Waals surface area (Å²) in [6, 6.07) is 14.0. The van der Waals surface area contributed by atoms with E-state index in [-0.39, 0.29) is 19.1 Å². The quantitative estimate of drug-likeness (QED) is 0.848. The van der Waals surface area contributed by atoms with Gasteiger partial charge in [-0.25, -0.2) is 4.79 Å². The van der Waals surface area contributed by atoms with Crippen LogP contribution in [0.4, 0.5) is 0 Å². The first-order valence-electron chi connectivity index (χ1n) is 6.40. The van der Waals surface area contributed by atoms with Gasteiger partial charge in [-0.3, -0.25) is 0 Å². The van der Waals surface area contributed by atoms with Gasteiger partial charge in [-0.2, -0.15) is 0 Å². The maximum atomic E-state index is 12.0. The molecule has 0 heterocycles. The molecule has 0 aromatic heterocycles. The van der Waals surface area contributed by atoms with Gasteiger partial charge in [0.1, 0.15) is 6.61 Å². The third-order valence-corrected chi connectivity index (χ3v) is 3.80. The van der Waals surface area contributed by atoms with Gasteiger partial charge in [0.05, 0.1) is 22.2 Å². The number of hydrogen-bond donors (Lipinski definition) is 1. The molecule has 0 aliphatic carbocycles. The first-order valence-corrected chi connectivity index (χ1v) is 7.15. The van der Waals surface area contributed by atoms with Crippen molar-refractivity contribution in [1.82, 2.24) is 0 Å². The van der Waals surface area contributed by atoms with Crippen LogP contribution in [-0.2, 0) is 4.74 Å². The molecule has 0 radical (unpaired) electrons. The van der Waals surface area contributed by atoms with Gasteiger partial charge in [-0.05, 0) is 23.8 Å². The van der Waals surface area contributed by atoms with Gasteiger partial charge in [0.15, 0.2) is 0 Å². The minimum atomic E-state index is -0.497. The Morgan fingerprint density at radius 1 is 1.10 bits per heavy atom. The van der Waals surface area contributed by atoms with Crippen LogP contribution in [0.15, 0.2) is 48.5 Å². The predicted molar refractivity (Wildman–Crippen MR) is 83.0 cm³/mol. The number of esters is 1. The van der Waals surface area contributed by atoms with Crippen LogP contribution in [-0.4, -0.2) is 24.3 Å². The fourth-order valence-corrected chi connectivity index (χ4v) is 2.16. The summed E-state index contributed by atoms with van der Waals surface area (Å²) in [7, 11) is 0. The van der Waals surface area contributed by atoms with Crippen molar-refractivity contribution in [3.8, 4) is 0 Å². The lowest BCUT2D eigenvalue weighted by Crippen LogP contribution is -2.16. The SMILES string of the molecule is O=C(OCC(CO)c1ccccc1)c1ccc(Cl)c(Cl)c1. The van der Waals surface area contributed by atoms with Crippen LogP contribution in [0.5, 0.6) is 0 Å². The average Bonchev–Trinajstić information content (AvgIpc) is 2.51. The minimum Gasteiger partial charge on any atom is -0.461 e. The molecule has 0 aliphatic rings. The smallest absolute Gasteiger partial charge is 0.338 e. The molecule has 1 N–H and O–H groups in total. The number of aliphatic hydroxyl groups excluding tert-OH is 1. The summed E-state index contributed by atoms with van der Waals surface area (Å²) in [5, 5.41) is 10.1. The van der Waals surface area contributed by atoms with Crippen molar-refractivity contribution in [3.05, 3.63) is 69.7 Å². The van der Waals surface area contributed by atoms with E-state index >= 15 is 0 Å². The van der Waals surface area contributed by atoms with Crippen LogP contribution >= 0.6 is 23.2 Å². The highest BCUT2D eigenvalue weighted by Crippen LogP contribution is 2.23. The summed E-state index contributed by atoms with van der Waals surface area (Å²) in [5.74, 6) is -0.749. The molecule has 0 fully saturated rings. The number of carbonyl (C=O) groups is 1. The Balaban J connectivity index is 2.01. The summed E-state index contributed by atoms with van der Waals surface area (Å²) in [6.07, 6.45) is 0. The van der Waals surface area contributed by atoms with Crippen molar-refractivity contribution >= 4 is 29.2 Å². The highest BCUT2D eigenvalue weighted by Gasteiger charge is 2.15. The van der Waals surface area contributed by atoms with E-state index in [0.717, 1.165) is 5.56 Å². The average molecular weight is 325 g/mol. The van der Waals surface area contributed by atoms with E-state index in [0.29, 0.717) is 15.6 Å². The Kier molecular flexibility index (Phi) is 5.62. The van der Waals surface area contributed by atoms with Gasteiger partial charge in [-0.1, -0.05) is 53.5 Å². The second kappa shape index (κ2) is 7.46. The first-order chi connectivity index (χ1) is 10.1. The van der Waals surface area contributed by atoms with Crippen molar-refractivity contribution in [2.75, 3.05) is 13.2 Å². The van der Waals surface area contributed by atoms with Crippen molar-refractivity contribution in [3.63, 3.8) is 0 Å². The summed E-state index contributed by atoms with van der Waals surface area (Å²) in [6.45, 7) is -0.00173. The fraction of sp³-hybridized carbons (Fsp3) is 0.188. The van der Waals surface area contributed by atoms with Gasteiger partial charge in [0, 0.05) is 5.92 Å². The molecule has 0 amide bonds. The lowest BCUT2D eigenvalue weighted by atomic mass is 10.0. The molecule has 3 nitrogen and oxygen atoms in total. The first kappa shape index (κ1) is 15.8. The topological polar surface area (TPSA) is 46.5 Å². The van der Waals surface area contributed by atoms with Crippen LogP contribution < -0.4 is 0 Å². The molecular formula is C16H14Cl2O3. The standard InChI is InChI=1S/C16H14Cl2O3/c17-14-7-6-12(8-15(14)18)16(20)21-10-13(9-19)11-4-2-1-3-5-11/h1-8,13,19H,9-10H2. The van der Waals surface area contributed by atoms with Crippen molar-refractivity contribution in [1.29, 1.82) is 0 Å². The molecule has 2 aromatic carbocycles. The maximum Gasteiger partial charge on any atom is 0.338 e. The van der Waals surface area contributed by atoms with E-state index in [4.69, 9.17) is 27.9 Å². The maximum absolute atomic E-state index is 12.0. The van der Waals surface area contributed by atoms with Gasteiger partial charge >= 0.3 is 5.97 Å². The van der Waals surface area contributed by atoms with Gasteiger partial charge in [-0.15, -0.1) is 0 Å². The largest absolute Gasteiger partial charge is 0.461 e. The Bertz CT molecular complexity index is 614. The molecule has 1 unspecified atom stereocenters. The number of ether oxygens (including phenoxy) is 1. The van der Waals surface area contributed by atoms with Crippen LogP contribution in [0.2, 0.25) is 10.0 Å². The van der Waals surface area contributed by atoms with E-state index in [1.54, 1.807) is 12.1 Å². The summed E-state index contributed by atoms with van der Waals surface area (Å²) in [5.41, 5.74) is 1.25. The molecule has 21 heavy (non-hydrogen) atoms. The van der Waals surface area contributed by atoms with Crippen LogP contribution in [0, 0.1) is 0 Å². The Morgan fingerprint density at radius 2 is 1.81 bits per heavy atom. The summed E-state index contributed by atoms with van der Waals surface area (Å²) >= 11 is 11.7. The summed E-state index contributed by atoms with van der Waals surface area (Å²) < 4.78 is 5.23. The number of aliphatic hydroxyl groups is 1. The monoisotopic (exact) mass is 324 g/mol. The van der Waals surface area contributed by atoms with Gasteiger partial charge in [0.25, 0.3) is 0 Å². The lowest BCUT2D eigenvalue weighted by Gasteiger charge is -2.15. The minimum absolute atomic E-state index is 0.0968. The number of benzene rings is 2. The third kappa shape index (κ3) is 4.21. The number of rotatable bonds is 5. The van der Waals surface area contributed by atoms with Gasteiger partial charge in [0.2, 0.25) is 0 Å². The second-order valence-corrected chi connectivity index (χ2v) is 5.33. The predicted octanol–water partition coefficient (Wildman–Crippen LogP) is 3.93. The molecule has 0 saturated carbocycles. The molecule has 0 saturated heterocycles. The number of hydrogen-bond acceptors (Lipinski definition) is 3. The zero-order valence-electron chi connectivity index (χ0n) is 11.1. The molecule has 0 bridgehead atoms. The molecule has 0 spiro atoms. The highest BCUT2D eigenvalue weighted by molar-refractivity contribution is 6.42. The molecule has 5 heteroatoms. The fourth-order valence-electron chi connectivity index (χ4n) is 1.86. The Morgan fingerprint density at radius 3 is 2.43 bits per heavy atom. The van der Waals surface area contributed by atoms with Crippen molar-refractivity contribution < 1.29 is 14.6 Å². The second-order valence-electron chi connectivity index (χ2n) is 4.52. The zero-order chi connectivity index (χ0) is 15.2. The molecule has 2 rings (SSSR count). The van der Waals surface area contributed by atoms with Gasteiger partial charge < -0.3 is 9.84 Å². The molecular weight excluding hydrogens is 311 g/mol. The zero-order valence-corrected chi connectivity index (χ0v) is 12.6. The Labute approximate surface area is 133 Å². The van der Waals surface area contributed by atoms with E-state index in [2.05, 4.69) is 0 Å². The molecule has 1 atom stereocenters. The van der Waals surface area contributed by atoms with Crippen LogP contribution in [0.25, 0.3) is 0 Å². The Hall–Kier alpha value is -1.55. The van der Waals surface area contributed by atoms with Crippen molar-refractivity contribution in [2.24, 2.45) is 0 Å². The summed E-state index contributed by atoms with van der Waals surface area (Å²) in [4.78, 5) is 12.0. The van der Waals surface area contributed by atoms with E-state index < -0.39 is 5.97 Å². The lowest BCUT2D eigenvalue weighted by molar-refractivity contribution is 0.0450. The number of carbonyl (C=O) groups excluding carboxylic acids is 1. The van der Waals surface area contributed by atoms with E-state index in [9.17, 15) is 9.90 Å². The molecule has 110 valence electrons. The van der Waals surface area contributed by atoms with E-state index in [1.165, 1.54) is 6.07 Å². The van der Waals surface area contributed by atoms with Crippen LogP contribution in [0.1, 0.15) is 21.8 Å². The normalized spacial score (nSPS) is 12.0.